The number of rotatable bonds is 3. The van der Waals surface area contributed by atoms with Crippen molar-refractivity contribution < 1.29 is 9.47 Å². The third-order valence-corrected chi connectivity index (χ3v) is 4.05. The van der Waals surface area contributed by atoms with Crippen LogP contribution in [0.1, 0.15) is 19.8 Å². The van der Waals surface area contributed by atoms with Crippen LogP contribution >= 0.6 is 0 Å². The molecule has 0 unspecified atom stereocenters. The minimum absolute atomic E-state index is 0.339. The smallest absolute Gasteiger partial charge is 0.193 e. The molecule has 15 heavy (non-hydrogen) atoms. The van der Waals surface area contributed by atoms with Crippen LogP contribution in [-0.4, -0.2) is 56.6 Å². The molecule has 0 bridgehead atoms. The third-order valence-electron chi connectivity index (χ3n) is 4.05. The van der Waals surface area contributed by atoms with Crippen LogP contribution in [0.25, 0.3) is 0 Å². The molecule has 0 aromatic rings. The van der Waals surface area contributed by atoms with Crippen LogP contribution in [0.3, 0.4) is 0 Å². The van der Waals surface area contributed by atoms with E-state index in [1.807, 2.05) is 0 Å². The Balaban J connectivity index is 1.92. The van der Waals surface area contributed by atoms with E-state index in [0.29, 0.717) is 5.54 Å². The number of nitrogens with zero attached hydrogens (tertiary/aromatic N) is 1. The number of hydrogen-bond acceptors (Lipinski definition) is 4. The van der Waals surface area contributed by atoms with Crippen LogP contribution in [0.2, 0.25) is 0 Å². The monoisotopic (exact) mass is 214 g/mol. The predicted octanol–water partition coefficient (Wildman–Crippen LogP) is 0.433. The summed E-state index contributed by atoms with van der Waals surface area (Å²) >= 11 is 0. The Morgan fingerprint density at radius 2 is 1.60 bits per heavy atom. The molecule has 2 aliphatic heterocycles. The molecule has 88 valence electrons. The lowest BCUT2D eigenvalue weighted by Crippen LogP contribution is -2.71. The lowest BCUT2D eigenvalue weighted by molar-refractivity contribution is -0.293. The van der Waals surface area contributed by atoms with Gasteiger partial charge in [-0.1, -0.05) is 0 Å². The van der Waals surface area contributed by atoms with Crippen molar-refractivity contribution in [1.29, 1.82) is 0 Å². The maximum absolute atomic E-state index is 5.41. The van der Waals surface area contributed by atoms with Crippen LogP contribution in [0.15, 0.2) is 0 Å². The third kappa shape index (κ3) is 1.91. The molecular weight excluding hydrogens is 192 g/mol. The quantitative estimate of drug-likeness (QED) is 0.691. The molecule has 2 fully saturated rings. The summed E-state index contributed by atoms with van der Waals surface area (Å²) in [5, 5.41) is 3.40. The Hall–Kier alpha value is -0.160. The molecule has 1 N–H and O–H groups in total. The second-order valence-corrected chi connectivity index (χ2v) is 4.92. The first kappa shape index (κ1) is 11.3. The van der Waals surface area contributed by atoms with Gasteiger partial charge in [0.25, 0.3) is 0 Å². The average Bonchev–Trinajstić information content (AvgIpc) is 2.18. The van der Waals surface area contributed by atoms with Crippen molar-refractivity contribution in [2.45, 2.75) is 31.1 Å². The molecule has 0 saturated carbocycles. The van der Waals surface area contributed by atoms with E-state index in [9.17, 15) is 0 Å². The molecule has 0 aromatic carbocycles. The largest absolute Gasteiger partial charge is 0.351 e. The fraction of sp³-hybridized carbons (Fsp3) is 1.00. The first-order valence-corrected chi connectivity index (χ1v) is 5.70. The van der Waals surface area contributed by atoms with Gasteiger partial charge in [-0.2, -0.15) is 0 Å². The molecular formula is C11H22N2O2. The number of nitrogens with one attached hydrogen (secondary N) is 1. The highest BCUT2D eigenvalue weighted by atomic mass is 16.7. The van der Waals surface area contributed by atoms with Gasteiger partial charge in [0.1, 0.15) is 0 Å². The Bertz CT molecular complexity index is 215. The van der Waals surface area contributed by atoms with Crippen molar-refractivity contribution in [3.05, 3.63) is 0 Å². The zero-order valence-electron chi connectivity index (χ0n) is 10.0. The predicted molar refractivity (Wildman–Crippen MR) is 58.8 cm³/mol. The van der Waals surface area contributed by atoms with Crippen molar-refractivity contribution in [3.8, 4) is 0 Å². The number of methoxy groups -OCH3 is 2. The average molecular weight is 214 g/mol. The van der Waals surface area contributed by atoms with Gasteiger partial charge in [-0.15, -0.1) is 0 Å². The van der Waals surface area contributed by atoms with Crippen LogP contribution in [0.5, 0.6) is 0 Å². The topological polar surface area (TPSA) is 33.7 Å². The number of likely N-dealkylation sites (tertiary alicyclic amines) is 1. The maximum Gasteiger partial charge on any atom is 0.193 e. The summed E-state index contributed by atoms with van der Waals surface area (Å²) < 4.78 is 10.8. The van der Waals surface area contributed by atoms with Gasteiger partial charge >= 0.3 is 0 Å². The first-order valence-electron chi connectivity index (χ1n) is 5.70. The second-order valence-electron chi connectivity index (χ2n) is 4.92. The van der Waals surface area contributed by atoms with E-state index in [4.69, 9.17) is 9.47 Å². The number of piperidine rings is 1. The molecule has 2 aliphatic rings. The summed E-state index contributed by atoms with van der Waals surface area (Å²) in [6.07, 6.45) is 2.44. The molecule has 4 heteroatoms. The minimum atomic E-state index is -0.339. The van der Waals surface area contributed by atoms with Crippen LogP contribution < -0.4 is 5.32 Å². The molecule has 0 aromatic heterocycles. The van der Waals surface area contributed by atoms with Gasteiger partial charge in [-0.25, -0.2) is 0 Å². The summed E-state index contributed by atoms with van der Waals surface area (Å²) in [7, 11) is 3.46. The Labute approximate surface area is 91.9 Å². The van der Waals surface area contributed by atoms with E-state index in [1.165, 1.54) is 12.8 Å². The van der Waals surface area contributed by atoms with Crippen LogP contribution in [0.4, 0.5) is 0 Å². The standard InChI is InChI=1S/C11H22N2O2/c1-10(4-6-12-7-5-10)13-8-11(9-13,14-2)15-3/h12H,4-9H2,1-3H3. The molecule has 0 aliphatic carbocycles. The molecule has 2 rings (SSSR count). The Morgan fingerprint density at radius 1 is 1.07 bits per heavy atom. The molecule has 2 heterocycles. The number of ether oxygens (including phenoxy) is 2. The molecule has 0 radical (unpaired) electrons. The van der Waals surface area contributed by atoms with Crippen molar-refractivity contribution in [1.82, 2.24) is 10.2 Å². The van der Waals surface area contributed by atoms with Gasteiger partial charge in [-0.05, 0) is 32.9 Å². The summed E-state index contributed by atoms with van der Waals surface area (Å²) in [4.78, 5) is 2.49. The van der Waals surface area contributed by atoms with E-state index in [0.717, 1.165) is 26.2 Å². The Morgan fingerprint density at radius 3 is 2.07 bits per heavy atom. The van der Waals surface area contributed by atoms with Gasteiger partial charge in [0.15, 0.2) is 5.79 Å². The highest BCUT2D eigenvalue weighted by Gasteiger charge is 2.50. The van der Waals surface area contributed by atoms with Crippen molar-refractivity contribution in [3.63, 3.8) is 0 Å². The summed E-state index contributed by atoms with van der Waals surface area (Å²) in [5.74, 6) is -0.339. The summed E-state index contributed by atoms with van der Waals surface area (Å²) in [5.41, 5.74) is 0.339. The van der Waals surface area contributed by atoms with Crippen LogP contribution in [0, 0.1) is 0 Å². The van der Waals surface area contributed by atoms with E-state index < -0.39 is 0 Å². The number of hydrogen-bond donors (Lipinski definition) is 1. The van der Waals surface area contributed by atoms with Gasteiger partial charge in [0.2, 0.25) is 0 Å². The van der Waals surface area contributed by atoms with Gasteiger partial charge in [0, 0.05) is 19.8 Å². The highest BCUT2D eigenvalue weighted by Crippen LogP contribution is 2.36. The highest BCUT2D eigenvalue weighted by molar-refractivity contribution is 5.01. The van der Waals surface area contributed by atoms with Gasteiger partial charge in [0.05, 0.1) is 13.1 Å². The summed E-state index contributed by atoms with van der Waals surface area (Å²) in [6.45, 7) is 6.40. The minimum Gasteiger partial charge on any atom is -0.351 e. The second kappa shape index (κ2) is 4.01. The molecule has 2 saturated heterocycles. The van der Waals surface area contributed by atoms with Crippen molar-refractivity contribution in [2.24, 2.45) is 0 Å². The van der Waals surface area contributed by atoms with Crippen molar-refractivity contribution in [2.75, 3.05) is 40.4 Å². The molecule has 0 atom stereocenters. The zero-order chi connectivity index (χ0) is 10.9. The lowest BCUT2D eigenvalue weighted by atomic mass is 9.84. The van der Waals surface area contributed by atoms with Crippen LogP contribution in [-0.2, 0) is 9.47 Å². The van der Waals surface area contributed by atoms with E-state index in [-0.39, 0.29) is 5.79 Å². The molecule has 0 spiro atoms. The first-order chi connectivity index (χ1) is 7.14. The van der Waals surface area contributed by atoms with E-state index >= 15 is 0 Å². The van der Waals surface area contributed by atoms with Gasteiger partial charge < -0.3 is 14.8 Å². The Kier molecular flexibility index (Phi) is 3.03. The normalized spacial score (nSPS) is 29.8. The fourth-order valence-electron chi connectivity index (χ4n) is 2.54. The van der Waals surface area contributed by atoms with Crippen molar-refractivity contribution >= 4 is 0 Å². The maximum atomic E-state index is 5.41. The SMILES string of the molecule is COC1(OC)CN(C2(C)CCNCC2)C1. The summed E-state index contributed by atoms with van der Waals surface area (Å²) in [6, 6.07) is 0. The van der Waals surface area contributed by atoms with E-state index in [1.54, 1.807) is 14.2 Å². The molecule has 4 nitrogen and oxygen atoms in total. The molecule has 0 amide bonds. The van der Waals surface area contributed by atoms with E-state index in [2.05, 4.69) is 17.1 Å². The zero-order valence-corrected chi connectivity index (χ0v) is 10.0. The lowest BCUT2D eigenvalue weighted by Gasteiger charge is -2.56. The fourth-order valence-corrected chi connectivity index (χ4v) is 2.54. The van der Waals surface area contributed by atoms with Gasteiger partial charge in [-0.3, -0.25) is 4.90 Å².